The van der Waals surface area contributed by atoms with Gasteiger partial charge < -0.3 is 20.7 Å². The molecule has 2 saturated heterocycles. The fraction of sp³-hybridized carbons (Fsp3) is 0.286. The molecule has 48 heavy (non-hydrogen) atoms. The lowest BCUT2D eigenvalue weighted by Crippen LogP contribution is -2.55. The van der Waals surface area contributed by atoms with Crippen molar-refractivity contribution in [3.05, 3.63) is 112 Å². The van der Waals surface area contributed by atoms with Crippen LogP contribution in [0.2, 0.25) is 5.02 Å². The Hall–Kier alpha value is -4.65. The molecule has 9 nitrogen and oxygen atoms in total. The van der Waals surface area contributed by atoms with Crippen molar-refractivity contribution in [2.45, 2.75) is 43.3 Å². The van der Waals surface area contributed by atoms with Crippen LogP contribution < -0.4 is 11.1 Å². The minimum absolute atomic E-state index is 0.0792. The van der Waals surface area contributed by atoms with Gasteiger partial charge >= 0.3 is 6.09 Å². The first kappa shape index (κ1) is 33.3. The number of rotatable bonds is 7. The smallest absolute Gasteiger partial charge is 0.409 e. The second-order valence-corrected chi connectivity index (χ2v) is 12.5. The van der Waals surface area contributed by atoms with E-state index in [1.807, 2.05) is 0 Å². The normalized spacial score (nSPS) is 20.7. The van der Waals surface area contributed by atoms with E-state index in [2.05, 4.69) is 15.2 Å². The molecule has 13 heteroatoms. The maximum atomic E-state index is 14.8. The number of anilines is 1. The number of nitrogens with two attached hydrogens (primary N) is 1. The Kier molecular flexibility index (Phi) is 9.86. The van der Waals surface area contributed by atoms with Gasteiger partial charge in [0, 0.05) is 41.9 Å². The summed E-state index contributed by atoms with van der Waals surface area (Å²) in [5, 5.41) is 11.1. The molecule has 2 fully saturated rings. The molecule has 0 spiro atoms. The maximum absolute atomic E-state index is 14.8. The molecule has 0 radical (unpaired) electrons. The summed E-state index contributed by atoms with van der Waals surface area (Å²) in [6.07, 6.45) is 4.92. The number of carboxylic acid groups (broad SMARTS) is 1. The summed E-state index contributed by atoms with van der Waals surface area (Å²) in [5.41, 5.74) is 8.32. The zero-order valence-electron chi connectivity index (χ0n) is 25.8. The Morgan fingerprint density at radius 1 is 1.02 bits per heavy atom. The highest BCUT2D eigenvalue weighted by Crippen LogP contribution is 2.44. The predicted octanol–water partition coefficient (Wildman–Crippen LogP) is 6.80. The molecule has 3 aromatic carbocycles. The molecule has 0 saturated carbocycles. The summed E-state index contributed by atoms with van der Waals surface area (Å²) in [6.45, 7) is 1.80. The quantitative estimate of drug-likeness (QED) is 0.126. The average Bonchev–Trinajstić information content (AvgIpc) is 3.56. The standard InChI is InChI=1S/C35H34ClF3N6O3/c36-28-10-11-29(38)26(32(28)39)9-12-31(46)45-19-25(44-15-13-23(40)14-16-44)17-27(20-1-5-22(37)6-2-20)33(45)34-41-18-30(43-34)21-3-7-24(8-4-21)42-35(47)48/h1-12,18,23,25,27,33,42H,13-17,19,40H2,(H,41,43)(H,47,48)/b12-9+. The monoisotopic (exact) mass is 678 g/mol. The SMILES string of the molecule is NC1CCN(C2CC(c3ccc(F)cc3)C(c3ncc(-c4ccc(NC(=O)O)cc4)[nH]3)N(C(=O)/C=C/c3c(F)ccc(Cl)c3F)C2)CC1. The summed E-state index contributed by atoms with van der Waals surface area (Å²) in [7, 11) is 0. The number of aromatic nitrogens is 2. The maximum Gasteiger partial charge on any atom is 0.409 e. The van der Waals surface area contributed by atoms with Crippen LogP contribution in [0.4, 0.5) is 23.7 Å². The van der Waals surface area contributed by atoms with Crippen LogP contribution in [0.25, 0.3) is 17.3 Å². The molecule has 3 heterocycles. The van der Waals surface area contributed by atoms with Gasteiger partial charge in [0.1, 0.15) is 17.5 Å². The molecule has 1 aromatic heterocycles. The number of hydrogen-bond donors (Lipinski definition) is 4. The van der Waals surface area contributed by atoms with E-state index in [9.17, 15) is 22.8 Å². The number of halogens is 4. The molecule has 3 atom stereocenters. The highest BCUT2D eigenvalue weighted by Gasteiger charge is 2.43. The van der Waals surface area contributed by atoms with Crippen LogP contribution in [-0.4, -0.2) is 68.6 Å². The van der Waals surface area contributed by atoms with Crippen LogP contribution in [0, 0.1) is 17.5 Å². The van der Waals surface area contributed by atoms with Crippen molar-refractivity contribution in [1.29, 1.82) is 0 Å². The van der Waals surface area contributed by atoms with Crippen molar-refractivity contribution in [3.8, 4) is 11.3 Å². The minimum atomic E-state index is -1.18. The molecule has 4 aromatic rings. The van der Waals surface area contributed by atoms with Gasteiger partial charge in [-0.2, -0.15) is 0 Å². The minimum Gasteiger partial charge on any atom is -0.465 e. The average molecular weight is 679 g/mol. The highest BCUT2D eigenvalue weighted by atomic mass is 35.5. The van der Waals surface area contributed by atoms with Crippen LogP contribution in [0.1, 0.15) is 48.2 Å². The fourth-order valence-electron chi connectivity index (χ4n) is 6.63. The molecule has 250 valence electrons. The van der Waals surface area contributed by atoms with Gasteiger partial charge in [-0.15, -0.1) is 0 Å². The third kappa shape index (κ3) is 7.25. The number of likely N-dealkylation sites (tertiary alicyclic amines) is 2. The lowest BCUT2D eigenvalue weighted by Gasteiger charge is -2.48. The molecule has 2 aliphatic rings. The zero-order chi connectivity index (χ0) is 33.9. The summed E-state index contributed by atoms with van der Waals surface area (Å²) in [4.78, 5) is 37.2. The van der Waals surface area contributed by atoms with E-state index in [-0.39, 0.29) is 23.0 Å². The van der Waals surface area contributed by atoms with Gasteiger partial charge in [-0.25, -0.2) is 22.9 Å². The third-order valence-corrected chi connectivity index (χ3v) is 9.41. The lowest BCUT2D eigenvalue weighted by atomic mass is 9.80. The van der Waals surface area contributed by atoms with Gasteiger partial charge in [0.2, 0.25) is 5.91 Å². The van der Waals surface area contributed by atoms with Crippen LogP contribution in [0.3, 0.4) is 0 Å². The van der Waals surface area contributed by atoms with E-state index in [0.717, 1.165) is 61.3 Å². The molecule has 0 aliphatic carbocycles. The van der Waals surface area contributed by atoms with Crippen molar-refractivity contribution >= 4 is 35.4 Å². The summed E-state index contributed by atoms with van der Waals surface area (Å²) in [6, 6.07) is 14.4. The van der Waals surface area contributed by atoms with Crippen LogP contribution >= 0.6 is 11.6 Å². The second kappa shape index (κ2) is 14.2. The van der Waals surface area contributed by atoms with Gasteiger partial charge in [-0.05, 0) is 86.0 Å². The number of amides is 2. The molecule has 3 unspecified atom stereocenters. The van der Waals surface area contributed by atoms with Gasteiger partial charge in [0.15, 0.2) is 5.82 Å². The second-order valence-electron chi connectivity index (χ2n) is 12.1. The zero-order valence-corrected chi connectivity index (χ0v) is 26.5. The highest BCUT2D eigenvalue weighted by molar-refractivity contribution is 6.30. The Labute approximate surface area is 280 Å². The van der Waals surface area contributed by atoms with E-state index in [0.29, 0.717) is 30.2 Å². The Morgan fingerprint density at radius 3 is 2.42 bits per heavy atom. The molecular weight excluding hydrogens is 645 g/mol. The van der Waals surface area contributed by atoms with E-state index < -0.39 is 41.1 Å². The van der Waals surface area contributed by atoms with Crippen molar-refractivity contribution < 1.29 is 27.9 Å². The first-order valence-corrected chi connectivity index (χ1v) is 16.0. The molecule has 0 bridgehead atoms. The summed E-state index contributed by atoms with van der Waals surface area (Å²) < 4.78 is 43.5. The number of nitrogens with zero attached hydrogens (tertiary/aromatic N) is 3. The van der Waals surface area contributed by atoms with Crippen molar-refractivity contribution in [1.82, 2.24) is 19.8 Å². The number of nitrogens with one attached hydrogen (secondary N) is 2. The fourth-order valence-corrected chi connectivity index (χ4v) is 6.80. The number of hydrogen-bond acceptors (Lipinski definition) is 5. The summed E-state index contributed by atoms with van der Waals surface area (Å²) in [5.74, 6) is -2.58. The number of H-pyrrole nitrogens is 1. The Bertz CT molecular complexity index is 1810. The van der Waals surface area contributed by atoms with Crippen molar-refractivity contribution in [3.63, 3.8) is 0 Å². The van der Waals surface area contributed by atoms with Crippen LogP contribution in [0.5, 0.6) is 0 Å². The number of carbonyl (C=O) groups excluding carboxylic acids is 1. The number of imidazole rings is 1. The largest absolute Gasteiger partial charge is 0.465 e. The molecule has 6 rings (SSSR count). The Morgan fingerprint density at radius 2 is 1.73 bits per heavy atom. The number of aromatic amines is 1. The molecule has 5 N–H and O–H groups in total. The summed E-state index contributed by atoms with van der Waals surface area (Å²) >= 11 is 5.90. The van der Waals surface area contributed by atoms with E-state index in [1.54, 1.807) is 47.5 Å². The molecule has 2 aliphatic heterocycles. The number of carbonyl (C=O) groups is 2. The third-order valence-electron chi connectivity index (χ3n) is 9.12. The first-order valence-electron chi connectivity index (χ1n) is 15.6. The van der Waals surface area contributed by atoms with E-state index in [4.69, 9.17) is 27.4 Å². The molecular formula is C35H34ClF3N6O3. The van der Waals surface area contributed by atoms with Gasteiger partial charge in [-0.3, -0.25) is 15.0 Å². The van der Waals surface area contributed by atoms with Crippen molar-refractivity contribution in [2.75, 3.05) is 25.0 Å². The van der Waals surface area contributed by atoms with Gasteiger partial charge in [-0.1, -0.05) is 35.9 Å². The van der Waals surface area contributed by atoms with E-state index in [1.165, 1.54) is 12.1 Å². The Balaban J connectivity index is 1.40. The first-order chi connectivity index (χ1) is 23.1. The van der Waals surface area contributed by atoms with Crippen LogP contribution in [-0.2, 0) is 4.79 Å². The predicted molar refractivity (Wildman–Crippen MR) is 177 cm³/mol. The van der Waals surface area contributed by atoms with Crippen LogP contribution in [0.15, 0.2) is 72.9 Å². The molecule has 2 amide bonds. The van der Waals surface area contributed by atoms with E-state index >= 15 is 0 Å². The van der Waals surface area contributed by atoms with Gasteiger partial charge in [0.05, 0.1) is 23.0 Å². The number of piperidine rings is 2. The van der Waals surface area contributed by atoms with Gasteiger partial charge in [0.25, 0.3) is 0 Å². The lowest BCUT2D eigenvalue weighted by molar-refractivity contribution is -0.132. The topological polar surface area (TPSA) is 128 Å². The van der Waals surface area contributed by atoms with Crippen molar-refractivity contribution in [2.24, 2.45) is 5.73 Å². The number of benzene rings is 3.